The molecule has 5 rings (SSSR count). The number of aromatic nitrogens is 4. The normalized spacial score (nSPS) is 25.9. The van der Waals surface area contributed by atoms with Crippen LogP contribution in [0.4, 0.5) is 4.39 Å². The predicted octanol–water partition coefficient (Wildman–Crippen LogP) is 3.55. The molecule has 2 fully saturated rings. The SMILES string of the molecule is COc1nc(C2CC(O)C2)cc(-n2ncc3cc(C)c([C@@H]4CCN(C)C[C@H]4F)cc32)n1.Cl. The Labute approximate surface area is 193 Å². The molecule has 2 aromatic heterocycles. The first-order valence-electron chi connectivity index (χ1n) is 10.8. The highest BCUT2D eigenvalue weighted by Crippen LogP contribution is 2.38. The molecule has 1 saturated carbocycles. The van der Waals surface area contributed by atoms with Crippen LogP contribution < -0.4 is 4.74 Å². The van der Waals surface area contributed by atoms with Gasteiger partial charge in [0.05, 0.1) is 30.6 Å². The Kier molecular flexibility index (Phi) is 6.38. The van der Waals surface area contributed by atoms with Crippen LogP contribution in [0.5, 0.6) is 6.01 Å². The van der Waals surface area contributed by atoms with E-state index in [1.54, 1.807) is 11.8 Å². The van der Waals surface area contributed by atoms with E-state index in [4.69, 9.17) is 4.74 Å². The molecule has 9 heteroatoms. The van der Waals surface area contributed by atoms with E-state index in [0.717, 1.165) is 40.7 Å². The lowest BCUT2D eigenvalue weighted by Crippen LogP contribution is -2.38. The quantitative estimate of drug-likeness (QED) is 0.640. The van der Waals surface area contributed by atoms with Crippen LogP contribution in [-0.2, 0) is 0 Å². The fraction of sp³-hybridized carbons (Fsp3) is 0.522. The molecule has 1 aliphatic heterocycles. The average Bonchev–Trinajstić information content (AvgIpc) is 3.13. The van der Waals surface area contributed by atoms with Gasteiger partial charge in [0.15, 0.2) is 5.82 Å². The van der Waals surface area contributed by atoms with Crippen molar-refractivity contribution in [2.45, 2.75) is 50.3 Å². The van der Waals surface area contributed by atoms with E-state index in [0.29, 0.717) is 25.2 Å². The second-order valence-electron chi connectivity index (χ2n) is 8.96. The summed E-state index contributed by atoms with van der Waals surface area (Å²) in [6.07, 6.45) is 2.84. The van der Waals surface area contributed by atoms with E-state index in [-0.39, 0.29) is 36.4 Å². The van der Waals surface area contributed by atoms with Crippen LogP contribution >= 0.6 is 12.4 Å². The van der Waals surface area contributed by atoms with E-state index in [9.17, 15) is 9.50 Å². The van der Waals surface area contributed by atoms with Crippen molar-refractivity contribution in [2.24, 2.45) is 0 Å². The van der Waals surface area contributed by atoms with Crippen LogP contribution in [0.25, 0.3) is 16.7 Å². The predicted molar refractivity (Wildman–Crippen MR) is 123 cm³/mol. The van der Waals surface area contributed by atoms with E-state index in [1.165, 1.54) is 0 Å². The maximum Gasteiger partial charge on any atom is 0.318 e. The van der Waals surface area contributed by atoms with Crippen LogP contribution in [0.3, 0.4) is 0 Å². The number of aryl methyl sites for hydroxylation is 1. The number of aliphatic hydroxyl groups is 1. The van der Waals surface area contributed by atoms with E-state index < -0.39 is 6.17 Å². The number of piperidine rings is 1. The maximum atomic E-state index is 14.9. The number of nitrogens with zero attached hydrogens (tertiary/aromatic N) is 5. The summed E-state index contributed by atoms with van der Waals surface area (Å²) in [7, 11) is 3.51. The lowest BCUT2D eigenvalue weighted by atomic mass is 9.80. The van der Waals surface area contributed by atoms with Gasteiger partial charge in [-0.05, 0) is 63.0 Å². The molecule has 1 N–H and O–H groups in total. The highest BCUT2D eigenvalue weighted by Gasteiger charge is 2.32. The van der Waals surface area contributed by atoms with Gasteiger partial charge in [0, 0.05) is 29.8 Å². The summed E-state index contributed by atoms with van der Waals surface area (Å²) in [5, 5.41) is 15.3. The first-order chi connectivity index (χ1) is 14.9. The smallest absolute Gasteiger partial charge is 0.318 e. The number of benzene rings is 1. The Morgan fingerprint density at radius 3 is 2.66 bits per heavy atom. The van der Waals surface area contributed by atoms with Gasteiger partial charge in [-0.25, -0.2) is 9.07 Å². The summed E-state index contributed by atoms with van der Waals surface area (Å²) in [4.78, 5) is 11.0. The summed E-state index contributed by atoms with van der Waals surface area (Å²) in [5.41, 5.74) is 3.88. The Hall–Kier alpha value is -2.29. The molecule has 1 aliphatic carbocycles. The highest BCUT2D eigenvalue weighted by atomic mass is 35.5. The molecule has 32 heavy (non-hydrogen) atoms. The highest BCUT2D eigenvalue weighted by molar-refractivity contribution is 5.85. The molecule has 0 unspecified atom stereocenters. The van der Waals surface area contributed by atoms with Crippen molar-refractivity contribution in [3.8, 4) is 11.8 Å². The van der Waals surface area contributed by atoms with Crippen molar-refractivity contribution in [3.63, 3.8) is 0 Å². The van der Waals surface area contributed by atoms with Crippen LogP contribution in [0.1, 0.15) is 47.9 Å². The summed E-state index contributed by atoms with van der Waals surface area (Å²) >= 11 is 0. The number of hydrogen-bond donors (Lipinski definition) is 1. The van der Waals surface area contributed by atoms with E-state index in [1.807, 2.05) is 31.1 Å². The lowest BCUT2D eigenvalue weighted by molar-refractivity contribution is 0.0729. The molecule has 0 bridgehead atoms. The fourth-order valence-corrected chi connectivity index (χ4v) is 4.86. The van der Waals surface area contributed by atoms with E-state index in [2.05, 4.69) is 27.2 Å². The molecule has 7 nitrogen and oxygen atoms in total. The Morgan fingerprint density at radius 2 is 1.97 bits per heavy atom. The number of hydrogen-bond acceptors (Lipinski definition) is 6. The lowest BCUT2D eigenvalue weighted by Gasteiger charge is -2.33. The van der Waals surface area contributed by atoms with Gasteiger partial charge in [-0.3, -0.25) is 0 Å². The van der Waals surface area contributed by atoms with Gasteiger partial charge in [0.25, 0.3) is 0 Å². The zero-order chi connectivity index (χ0) is 21.7. The van der Waals surface area contributed by atoms with Crippen molar-refractivity contribution >= 4 is 23.3 Å². The fourth-order valence-electron chi connectivity index (χ4n) is 4.86. The molecule has 1 saturated heterocycles. The molecular formula is C23H29ClFN5O2. The Bertz CT molecular complexity index is 1120. The minimum Gasteiger partial charge on any atom is -0.467 e. The zero-order valence-corrected chi connectivity index (χ0v) is 19.3. The average molecular weight is 462 g/mol. The Morgan fingerprint density at radius 1 is 1.19 bits per heavy atom. The van der Waals surface area contributed by atoms with Gasteiger partial charge in [0.2, 0.25) is 0 Å². The van der Waals surface area contributed by atoms with E-state index >= 15 is 0 Å². The minimum absolute atomic E-state index is 0. The molecule has 1 aromatic carbocycles. The summed E-state index contributed by atoms with van der Waals surface area (Å²) < 4.78 is 22.0. The van der Waals surface area contributed by atoms with Crippen LogP contribution in [0.2, 0.25) is 0 Å². The molecule has 0 spiro atoms. The van der Waals surface area contributed by atoms with Gasteiger partial charge in [-0.1, -0.05) is 0 Å². The summed E-state index contributed by atoms with van der Waals surface area (Å²) in [6, 6.07) is 6.35. The zero-order valence-electron chi connectivity index (χ0n) is 18.5. The minimum atomic E-state index is -0.887. The second kappa shape index (κ2) is 8.92. The number of aliphatic hydroxyl groups excluding tert-OH is 1. The first-order valence-corrected chi connectivity index (χ1v) is 10.8. The number of fused-ring (bicyclic) bond motifs is 1. The number of halogens is 2. The largest absolute Gasteiger partial charge is 0.467 e. The standard InChI is InChI=1S/C23H28FN5O2.ClH/c1-13-6-15-11-25-29(21(15)9-18(13)17-4-5-28(2)12-19(17)24)22-10-20(14-7-16(30)8-14)26-23(27-22)31-3;/h6,9-11,14,16-17,19,30H,4-5,7-8,12H2,1-3H3;1H/t14?,16?,17-,19+;/m0./s1. The molecule has 2 atom stereocenters. The van der Waals surface area contributed by atoms with Gasteiger partial charge in [-0.2, -0.15) is 15.1 Å². The number of likely N-dealkylation sites (tertiary alicyclic amines) is 1. The topological polar surface area (TPSA) is 76.3 Å². The molecule has 3 aromatic rings. The van der Waals surface area contributed by atoms with Crippen LogP contribution in [0.15, 0.2) is 24.4 Å². The number of ether oxygens (including phenoxy) is 1. The summed E-state index contributed by atoms with van der Waals surface area (Å²) in [6.45, 7) is 3.40. The third-order valence-electron chi connectivity index (χ3n) is 6.74. The second-order valence-corrected chi connectivity index (χ2v) is 8.96. The van der Waals surface area contributed by atoms with Gasteiger partial charge in [0.1, 0.15) is 6.17 Å². The van der Waals surface area contributed by atoms with Gasteiger partial charge < -0.3 is 14.7 Å². The molecule has 0 amide bonds. The van der Waals surface area contributed by atoms with Crippen molar-refractivity contribution in [2.75, 3.05) is 27.2 Å². The number of alkyl halides is 1. The van der Waals surface area contributed by atoms with Gasteiger partial charge >= 0.3 is 6.01 Å². The molecular weight excluding hydrogens is 433 g/mol. The number of rotatable bonds is 4. The molecule has 2 aliphatic rings. The molecule has 172 valence electrons. The van der Waals surface area contributed by atoms with Crippen LogP contribution in [-0.4, -0.2) is 69.3 Å². The Balaban J connectivity index is 0.00000245. The van der Waals surface area contributed by atoms with Crippen molar-refractivity contribution in [1.82, 2.24) is 24.6 Å². The third kappa shape index (κ3) is 4.07. The maximum absolute atomic E-state index is 14.9. The number of methoxy groups -OCH3 is 1. The monoisotopic (exact) mass is 461 g/mol. The summed E-state index contributed by atoms with van der Waals surface area (Å²) in [5.74, 6) is 0.695. The van der Waals surface area contributed by atoms with Crippen molar-refractivity contribution < 1.29 is 14.2 Å². The third-order valence-corrected chi connectivity index (χ3v) is 6.74. The van der Waals surface area contributed by atoms with Crippen molar-refractivity contribution in [3.05, 3.63) is 41.2 Å². The molecule has 0 radical (unpaired) electrons. The van der Waals surface area contributed by atoms with Crippen molar-refractivity contribution in [1.29, 1.82) is 0 Å². The first kappa shape index (κ1) is 22.9. The van der Waals surface area contributed by atoms with Gasteiger partial charge in [-0.15, -0.1) is 12.4 Å². The van der Waals surface area contributed by atoms with Crippen LogP contribution in [0, 0.1) is 6.92 Å². The molecule has 3 heterocycles.